The number of carbonyl (C=O) groups excluding carboxylic acids is 3. The molecule has 1 saturated heterocycles. The van der Waals surface area contributed by atoms with Crippen LogP contribution < -0.4 is 10.2 Å². The van der Waals surface area contributed by atoms with Gasteiger partial charge in [-0.1, -0.05) is 17.4 Å². The lowest BCUT2D eigenvalue weighted by molar-refractivity contribution is -0.121. The molecule has 6 nitrogen and oxygen atoms in total. The van der Waals surface area contributed by atoms with Crippen LogP contribution in [-0.4, -0.2) is 22.7 Å². The predicted octanol–water partition coefficient (Wildman–Crippen LogP) is 3.48. The highest BCUT2D eigenvalue weighted by atomic mass is 32.1. The van der Waals surface area contributed by atoms with E-state index in [1.807, 2.05) is 0 Å². The second-order valence-corrected chi connectivity index (χ2v) is 6.91. The van der Waals surface area contributed by atoms with Gasteiger partial charge in [0.1, 0.15) is 11.3 Å². The highest BCUT2D eigenvalue weighted by Gasteiger charge is 2.30. The Bertz CT molecular complexity index is 1100. The van der Waals surface area contributed by atoms with Gasteiger partial charge in [-0.2, -0.15) is 0 Å². The molecule has 0 bridgehead atoms. The third-order valence-corrected chi connectivity index (χ3v) is 4.97. The lowest BCUT2D eigenvalue weighted by atomic mass is 10.2. The van der Waals surface area contributed by atoms with Gasteiger partial charge in [0.05, 0.1) is 10.4 Å². The van der Waals surface area contributed by atoms with Crippen molar-refractivity contribution in [2.24, 2.45) is 0 Å². The zero-order valence-electron chi connectivity index (χ0n) is 13.7. The van der Waals surface area contributed by atoms with Crippen molar-refractivity contribution in [1.82, 2.24) is 4.98 Å². The Balaban J connectivity index is 1.60. The highest BCUT2D eigenvalue weighted by molar-refractivity contribution is 7.22. The summed E-state index contributed by atoms with van der Waals surface area (Å²) in [7, 11) is 0. The molecule has 1 aliphatic heterocycles. The fourth-order valence-electron chi connectivity index (χ4n) is 2.83. The average Bonchev–Trinajstić information content (AvgIpc) is 3.17. The van der Waals surface area contributed by atoms with E-state index in [-0.39, 0.29) is 45.6 Å². The molecule has 0 radical (unpaired) electrons. The summed E-state index contributed by atoms with van der Waals surface area (Å²) in [6.45, 7) is 0. The van der Waals surface area contributed by atoms with E-state index in [1.165, 1.54) is 12.1 Å². The van der Waals surface area contributed by atoms with Crippen LogP contribution in [0.2, 0.25) is 0 Å². The van der Waals surface area contributed by atoms with Crippen LogP contribution in [0.4, 0.5) is 19.6 Å². The number of amides is 3. The minimum atomic E-state index is -0.810. The number of halogens is 2. The average molecular weight is 387 g/mol. The summed E-state index contributed by atoms with van der Waals surface area (Å²) in [6.07, 6.45) is 0.284. The van der Waals surface area contributed by atoms with Crippen LogP contribution in [0.1, 0.15) is 23.2 Å². The van der Waals surface area contributed by atoms with Crippen molar-refractivity contribution < 1.29 is 23.2 Å². The van der Waals surface area contributed by atoms with Gasteiger partial charge in [-0.05, 0) is 24.3 Å². The number of hydrogen-bond acceptors (Lipinski definition) is 5. The van der Waals surface area contributed by atoms with Crippen molar-refractivity contribution in [2.45, 2.75) is 12.8 Å². The molecule has 3 aromatic rings. The van der Waals surface area contributed by atoms with Crippen LogP contribution in [0.3, 0.4) is 0 Å². The summed E-state index contributed by atoms with van der Waals surface area (Å²) in [5.41, 5.74) is 0.484. The Morgan fingerprint density at radius 2 is 1.85 bits per heavy atom. The molecule has 9 heteroatoms. The molecule has 1 aromatic heterocycles. The van der Waals surface area contributed by atoms with Crippen molar-refractivity contribution in [2.75, 3.05) is 10.2 Å². The first-order chi connectivity index (χ1) is 12.9. The number of nitrogens with one attached hydrogen (secondary N) is 1. The van der Waals surface area contributed by atoms with Crippen molar-refractivity contribution >= 4 is 50.1 Å². The number of nitrogens with zero attached hydrogens (tertiary/aromatic N) is 2. The number of rotatable bonds is 3. The monoisotopic (exact) mass is 387 g/mol. The van der Waals surface area contributed by atoms with Gasteiger partial charge in [0.25, 0.3) is 5.91 Å². The van der Waals surface area contributed by atoms with Crippen LogP contribution >= 0.6 is 11.3 Å². The molecule has 1 N–H and O–H groups in total. The molecule has 0 aliphatic carbocycles. The number of fused-ring (bicyclic) bond motifs is 1. The van der Waals surface area contributed by atoms with E-state index in [2.05, 4.69) is 10.3 Å². The minimum Gasteiger partial charge on any atom is -0.298 e. The first kappa shape index (κ1) is 17.2. The third kappa shape index (κ3) is 3.17. The zero-order valence-corrected chi connectivity index (χ0v) is 14.5. The summed E-state index contributed by atoms with van der Waals surface area (Å²) >= 11 is 0.937. The first-order valence-corrected chi connectivity index (χ1v) is 8.77. The smallest absolute Gasteiger partial charge is 0.257 e. The van der Waals surface area contributed by atoms with Gasteiger partial charge in [0, 0.05) is 24.5 Å². The lowest BCUT2D eigenvalue weighted by Crippen LogP contribution is -2.28. The Labute approximate surface area is 155 Å². The number of carbonyl (C=O) groups is 3. The number of thiazole rings is 1. The van der Waals surface area contributed by atoms with Gasteiger partial charge >= 0.3 is 0 Å². The van der Waals surface area contributed by atoms with E-state index in [0.29, 0.717) is 5.69 Å². The number of hydrogen-bond donors (Lipinski definition) is 1. The van der Waals surface area contributed by atoms with Gasteiger partial charge in [-0.25, -0.2) is 13.8 Å². The SMILES string of the molecule is O=C(Nc1nc2c(F)cc(F)cc2s1)c1cccc(N2C(=O)CCC2=O)c1. The molecule has 4 rings (SSSR count). The van der Waals surface area contributed by atoms with E-state index < -0.39 is 17.5 Å². The van der Waals surface area contributed by atoms with Gasteiger partial charge < -0.3 is 0 Å². The van der Waals surface area contributed by atoms with Crippen molar-refractivity contribution in [3.63, 3.8) is 0 Å². The second kappa shape index (κ2) is 6.51. The number of imide groups is 1. The van der Waals surface area contributed by atoms with Crippen molar-refractivity contribution in [3.8, 4) is 0 Å². The van der Waals surface area contributed by atoms with Gasteiger partial charge in [-0.15, -0.1) is 0 Å². The molecule has 136 valence electrons. The van der Waals surface area contributed by atoms with Crippen LogP contribution in [-0.2, 0) is 9.59 Å². The number of aromatic nitrogens is 1. The van der Waals surface area contributed by atoms with Gasteiger partial charge in [-0.3, -0.25) is 24.6 Å². The molecule has 1 fully saturated rings. The summed E-state index contributed by atoms with van der Waals surface area (Å²) in [4.78, 5) is 41.2. The Morgan fingerprint density at radius 1 is 1.11 bits per heavy atom. The third-order valence-electron chi connectivity index (χ3n) is 4.05. The molecular weight excluding hydrogens is 376 g/mol. The molecule has 2 heterocycles. The van der Waals surface area contributed by atoms with Crippen molar-refractivity contribution in [3.05, 3.63) is 53.6 Å². The molecule has 0 saturated carbocycles. The highest BCUT2D eigenvalue weighted by Crippen LogP contribution is 2.29. The van der Waals surface area contributed by atoms with E-state index >= 15 is 0 Å². The van der Waals surface area contributed by atoms with Crippen LogP contribution in [0.15, 0.2) is 36.4 Å². The molecule has 27 heavy (non-hydrogen) atoms. The maximum absolute atomic E-state index is 13.7. The van der Waals surface area contributed by atoms with E-state index in [1.54, 1.807) is 12.1 Å². The summed E-state index contributed by atoms with van der Waals surface area (Å²) in [5, 5.41) is 2.64. The quantitative estimate of drug-likeness (QED) is 0.698. The zero-order chi connectivity index (χ0) is 19.1. The molecule has 1 aliphatic rings. The van der Waals surface area contributed by atoms with E-state index in [4.69, 9.17) is 0 Å². The molecule has 0 atom stereocenters. The summed E-state index contributed by atoms with van der Waals surface area (Å²) in [5.74, 6) is -2.72. The molecule has 2 aromatic carbocycles. The Kier molecular flexibility index (Phi) is 4.15. The predicted molar refractivity (Wildman–Crippen MR) is 95.7 cm³/mol. The van der Waals surface area contributed by atoms with E-state index in [9.17, 15) is 23.2 Å². The van der Waals surface area contributed by atoms with Gasteiger partial charge in [0.2, 0.25) is 11.8 Å². The van der Waals surface area contributed by atoms with Crippen molar-refractivity contribution in [1.29, 1.82) is 0 Å². The largest absolute Gasteiger partial charge is 0.298 e. The summed E-state index contributed by atoms with van der Waals surface area (Å²) < 4.78 is 27.3. The summed E-state index contributed by atoms with van der Waals surface area (Å²) in [6, 6.07) is 7.91. The van der Waals surface area contributed by atoms with Crippen LogP contribution in [0, 0.1) is 11.6 Å². The lowest BCUT2D eigenvalue weighted by Gasteiger charge is -2.14. The maximum Gasteiger partial charge on any atom is 0.257 e. The fraction of sp³-hybridized carbons (Fsp3) is 0.111. The van der Waals surface area contributed by atoms with Crippen LogP contribution in [0.5, 0.6) is 0 Å². The first-order valence-electron chi connectivity index (χ1n) is 7.95. The second-order valence-electron chi connectivity index (χ2n) is 5.88. The molecule has 3 amide bonds. The normalized spacial score (nSPS) is 14.2. The Morgan fingerprint density at radius 3 is 2.59 bits per heavy atom. The topological polar surface area (TPSA) is 79.4 Å². The van der Waals surface area contributed by atoms with Crippen LogP contribution in [0.25, 0.3) is 10.2 Å². The minimum absolute atomic E-state index is 0.0290. The molecule has 0 unspecified atom stereocenters. The van der Waals surface area contributed by atoms with Gasteiger partial charge in [0.15, 0.2) is 10.9 Å². The maximum atomic E-state index is 13.7. The Hall–Kier alpha value is -3.20. The molecular formula is C18H11F2N3O3S. The number of anilines is 2. The fourth-order valence-corrected chi connectivity index (χ4v) is 3.73. The number of benzene rings is 2. The molecule has 0 spiro atoms. The van der Waals surface area contributed by atoms with E-state index in [0.717, 1.165) is 28.4 Å². The standard InChI is InChI=1S/C18H11F2N3O3S/c19-10-7-12(20)16-13(8-10)27-18(21-16)22-17(26)9-2-1-3-11(6-9)23-14(24)4-5-15(23)25/h1-3,6-8H,4-5H2,(H,21,22,26).